The lowest BCUT2D eigenvalue weighted by Crippen LogP contribution is -2.15. The van der Waals surface area contributed by atoms with Crippen LogP contribution in [0.4, 0.5) is 0 Å². The molecule has 1 aromatic heterocycles. The zero-order valence-electron chi connectivity index (χ0n) is 14.8. The molecule has 1 aromatic carbocycles. The van der Waals surface area contributed by atoms with E-state index >= 15 is 0 Å². The van der Waals surface area contributed by atoms with Gasteiger partial charge in [0.25, 0.3) is 0 Å². The van der Waals surface area contributed by atoms with Crippen molar-refractivity contribution < 1.29 is 9.47 Å². The van der Waals surface area contributed by atoms with Gasteiger partial charge in [0, 0.05) is 12.2 Å². The number of rotatable bonds is 10. The molecule has 2 N–H and O–H groups in total. The van der Waals surface area contributed by atoms with Crippen LogP contribution < -0.4 is 14.8 Å². The normalized spacial score (nSPS) is 10.6. The Morgan fingerprint density at radius 3 is 2.83 bits per heavy atom. The van der Waals surface area contributed by atoms with E-state index in [1.54, 1.807) is 7.11 Å². The number of aromatic amines is 1. The molecule has 2 aromatic rings. The molecular weight excluding hydrogens is 302 g/mol. The third-order valence-electron chi connectivity index (χ3n) is 3.77. The highest BCUT2D eigenvalue weighted by Gasteiger charge is 2.06. The molecule has 5 nitrogen and oxygen atoms in total. The molecule has 5 heteroatoms. The zero-order chi connectivity index (χ0) is 17.4. The SMILES string of the molecule is C=C(C)COc1cc(CNCCCc2cn[nH]c2C)ccc1OC. The number of hydrogen-bond donors (Lipinski definition) is 2. The highest BCUT2D eigenvalue weighted by atomic mass is 16.5. The molecule has 0 aliphatic heterocycles. The van der Waals surface area contributed by atoms with Crippen LogP contribution in [0.2, 0.25) is 0 Å². The first-order valence-electron chi connectivity index (χ1n) is 8.24. The molecule has 0 atom stereocenters. The Hall–Kier alpha value is -2.27. The standard InChI is InChI=1S/C19H27N3O2/c1-14(2)13-24-19-10-16(7-8-18(19)23-4)11-20-9-5-6-17-12-21-22-15(17)3/h7-8,10,12,20H,1,5-6,9,11,13H2,2-4H3,(H,21,22). The number of aromatic nitrogens is 2. The highest BCUT2D eigenvalue weighted by molar-refractivity contribution is 5.43. The average Bonchev–Trinajstić information content (AvgIpc) is 2.98. The average molecular weight is 329 g/mol. The minimum atomic E-state index is 0.497. The molecule has 0 fully saturated rings. The van der Waals surface area contributed by atoms with E-state index in [-0.39, 0.29) is 0 Å². The van der Waals surface area contributed by atoms with Crippen molar-refractivity contribution in [2.24, 2.45) is 0 Å². The minimum Gasteiger partial charge on any atom is -0.493 e. The fourth-order valence-corrected chi connectivity index (χ4v) is 2.41. The largest absolute Gasteiger partial charge is 0.493 e. The van der Waals surface area contributed by atoms with Gasteiger partial charge in [0.2, 0.25) is 0 Å². The van der Waals surface area contributed by atoms with E-state index in [9.17, 15) is 0 Å². The van der Waals surface area contributed by atoms with Gasteiger partial charge in [0.15, 0.2) is 11.5 Å². The third kappa shape index (κ3) is 5.42. The summed E-state index contributed by atoms with van der Waals surface area (Å²) >= 11 is 0. The van der Waals surface area contributed by atoms with Crippen molar-refractivity contribution in [2.75, 3.05) is 20.3 Å². The maximum Gasteiger partial charge on any atom is 0.161 e. The Kier molecular flexibility index (Phi) is 6.88. The molecule has 24 heavy (non-hydrogen) atoms. The van der Waals surface area contributed by atoms with Crippen molar-refractivity contribution in [2.45, 2.75) is 33.2 Å². The second-order valence-corrected chi connectivity index (χ2v) is 6.03. The molecule has 0 saturated heterocycles. The molecule has 0 saturated carbocycles. The molecular formula is C19H27N3O2. The van der Waals surface area contributed by atoms with Crippen molar-refractivity contribution >= 4 is 0 Å². The number of aryl methyl sites for hydroxylation is 2. The lowest BCUT2D eigenvalue weighted by Gasteiger charge is -2.13. The van der Waals surface area contributed by atoms with Crippen molar-refractivity contribution in [3.63, 3.8) is 0 Å². The van der Waals surface area contributed by atoms with Crippen LogP contribution in [0.15, 0.2) is 36.5 Å². The Balaban J connectivity index is 1.80. The number of H-pyrrole nitrogens is 1. The lowest BCUT2D eigenvalue weighted by molar-refractivity contribution is 0.319. The van der Waals surface area contributed by atoms with Gasteiger partial charge >= 0.3 is 0 Å². The number of methoxy groups -OCH3 is 1. The van der Waals surface area contributed by atoms with E-state index in [1.165, 1.54) is 11.1 Å². The topological polar surface area (TPSA) is 59.2 Å². The second-order valence-electron chi connectivity index (χ2n) is 6.03. The quantitative estimate of drug-likeness (QED) is 0.518. The number of ether oxygens (including phenoxy) is 2. The first kappa shape index (κ1) is 18.1. The lowest BCUT2D eigenvalue weighted by atomic mass is 10.1. The monoisotopic (exact) mass is 329 g/mol. The Morgan fingerprint density at radius 2 is 2.17 bits per heavy atom. The smallest absolute Gasteiger partial charge is 0.161 e. The zero-order valence-corrected chi connectivity index (χ0v) is 14.8. The molecule has 0 unspecified atom stereocenters. The van der Waals surface area contributed by atoms with Crippen molar-refractivity contribution in [1.29, 1.82) is 0 Å². The van der Waals surface area contributed by atoms with Crippen molar-refractivity contribution in [3.05, 3.63) is 53.4 Å². The summed E-state index contributed by atoms with van der Waals surface area (Å²) in [6, 6.07) is 6.02. The minimum absolute atomic E-state index is 0.497. The van der Waals surface area contributed by atoms with E-state index in [4.69, 9.17) is 9.47 Å². The predicted octanol–water partition coefficient (Wildman–Crippen LogP) is 3.40. The van der Waals surface area contributed by atoms with Crippen LogP contribution in [0.1, 0.15) is 30.2 Å². The molecule has 0 spiro atoms. The molecule has 0 amide bonds. The van der Waals surface area contributed by atoms with Gasteiger partial charge in [-0.25, -0.2) is 0 Å². The van der Waals surface area contributed by atoms with Gasteiger partial charge < -0.3 is 14.8 Å². The van der Waals surface area contributed by atoms with E-state index in [1.807, 2.05) is 25.3 Å². The molecule has 0 aliphatic carbocycles. The van der Waals surface area contributed by atoms with E-state index in [0.717, 1.165) is 48.7 Å². The maximum absolute atomic E-state index is 5.76. The Bertz CT molecular complexity index is 664. The summed E-state index contributed by atoms with van der Waals surface area (Å²) in [5, 5.41) is 10.5. The summed E-state index contributed by atoms with van der Waals surface area (Å²) in [4.78, 5) is 0. The van der Waals surface area contributed by atoms with Gasteiger partial charge in [-0.1, -0.05) is 12.6 Å². The molecule has 1 heterocycles. The number of hydrogen-bond acceptors (Lipinski definition) is 4. The van der Waals surface area contributed by atoms with E-state index in [0.29, 0.717) is 6.61 Å². The summed E-state index contributed by atoms with van der Waals surface area (Å²) in [7, 11) is 1.65. The summed E-state index contributed by atoms with van der Waals surface area (Å²) in [5.74, 6) is 1.50. The fraction of sp³-hybridized carbons (Fsp3) is 0.421. The van der Waals surface area contributed by atoms with E-state index in [2.05, 4.69) is 35.1 Å². The van der Waals surface area contributed by atoms with Gasteiger partial charge in [-0.15, -0.1) is 0 Å². The maximum atomic E-state index is 5.76. The summed E-state index contributed by atoms with van der Waals surface area (Å²) in [6.07, 6.45) is 4.02. The first-order chi connectivity index (χ1) is 11.6. The number of nitrogens with zero attached hydrogens (tertiary/aromatic N) is 1. The van der Waals surface area contributed by atoms with Crippen molar-refractivity contribution in [3.8, 4) is 11.5 Å². The number of benzene rings is 1. The molecule has 0 aliphatic rings. The third-order valence-corrected chi connectivity index (χ3v) is 3.77. The first-order valence-corrected chi connectivity index (χ1v) is 8.24. The van der Waals surface area contributed by atoms with Crippen LogP contribution in [0.5, 0.6) is 11.5 Å². The second kappa shape index (κ2) is 9.13. The molecule has 0 radical (unpaired) electrons. The number of nitrogens with one attached hydrogen (secondary N) is 2. The van der Waals surface area contributed by atoms with Crippen LogP contribution in [0.3, 0.4) is 0 Å². The summed E-state index contributed by atoms with van der Waals surface area (Å²) in [5.41, 5.74) is 4.60. The fourth-order valence-electron chi connectivity index (χ4n) is 2.41. The van der Waals surface area contributed by atoms with Crippen LogP contribution >= 0.6 is 0 Å². The van der Waals surface area contributed by atoms with Gasteiger partial charge in [0.05, 0.1) is 13.3 Å². The predicted molar refractivity (Wildman–Crippen MR) is 96.7 cm³/mol. The summed E-state index contributed by atoms with van der Waals surface area (Å²) in [6.45, 7) is 10.1. The summed E-state index contributed by atoms with van der Waals surface area (Å²) < 4.78 is 11.1. The van der Waals surface area contributed by atoms with Gasteiger partial charge in [-0.05, 0) is 62.1 Å². The molecule has 0 bridgehead atoms. The van der Waals surface area contributed by atoms with Gasteiger partial charge in [0.1, 0.15) is 6.61 Å². The van der Waals surface area contributed by atoms with E-state index < -0.39 is 0 Å². The van der Waals surface area contributed by atoms with Crippen LogP contribution in [-0.2, 0) is 13.0 Å². The van der Waals surface area contributed by atoms with Gasteiger partial charge in [-0.3, -0.25) is 5.10 Å². The van der Waals surface area contributed by atoms with Crippen molar-refractivity contribution in [1.82, 2.24) is 15.5 Å². The molecule has 2 rings (SSSR count). The van der Waals surface area contributed by atoms with Gasteiger partial charge in [-0.2, -0.15) is 5.10 Å². The van der Waals surface area contributed by atoms with Crippen LogP contribution in [0.25, 0.3) is 0 Å². The van der Waals surface area contributed by atoms with Crippen LogP contribution in [0, 0.1) is 6.92 Å². The Labute approximate surface area is 144 Å². The van der Waals surface area contributed by atoms with Crippen LogP contribution in [-0.4, -0.2) is 30.5 Å². The Morgan fingerprint density at radius 1 is 1.33 bits per heavy atom. The molecule has 130 valence electrons. The highest BCUT2D eigenvalue weighted by Crippen LogP contribution is 2.28.